The Morgan fingerprint density at radius 3 is 2.81 bits per heavy atom. The first-order valence-electron chi connectivity index (χ1n) is 5.62. The Labute approximate surface area is 96.7 Å². The summed E-state index contributed by atoms with van der Waals surface area (Å²) in [5.41, 5.74) is 0.655. The molecular formula is C12H20FN3. The molecule has 90 valence electrons. The van der Waals surface area contributed by atoms with Gasteiger partial charge in [-0.3, -0.25) is 0 Å². The lowest BCUT2D eigenvalue weighted by Gasteiger charge is -2.25. The number of nitrogens with one attached hydrogen (secondary N) is 1. The van der Waals surface area contributed by atoms with Gasteiger partial charge in [0.2, 0.25) is 0 Å². The molecule has 1 atom stereocenters. The quantitative estimate of drug-likeness (QED) is 0.832. The van der Waals surface area contributed by atoms with Crippen molar-refractivity contribution in [2.24, 2.45) is 0 Å². The van der Waals surface area contributed by atoms with Crippen LogP contribution in [0.3, 0.4) is 0 Å². The summed E-state index contributed by atoms with van der Waals surface area (Å²) in [5, 5.41) is 2.95. The second kappa shape index (κ2) is 5.80. The maximum absolute atomic E-state index is 14.1. The fourth-order valence-corrected chi connectivity index (χ4v) is 1.53. The Bertz CT molecular complexity index is 341. The van der Waals surface area contributed by atoms with Crippen LogP contribution in [0.4, 0.5) is 10.2 Å². The molecule has 3 nitrogen and oxygen atoms in total. The molecule has 1 aromatic rings. The molecule has 0 bridgehead atoms. The molecular weight excluding hydrogens is 205 g/mol. The molecule has 0 aliphatic heterocycles. The minimum atomic E-state index is -0.223. The zero-order chi connectivity index (χ0) is 12.1. The van der Waals surface area contributed by atoms with Gasteiger partial charge in [0.05, 0.1) is 0 Å². The molecule has 1 unspecified atom stereocenters. The van der Waals surface area contributed by atoms with E-state index in [1.807, 2.05) is 11.9 Å². The summed E-state index contributed by atoms with van der Waals surface area (Å²) in [6.45, 7) is 4.66. The van der Waals surface area contributed by atoms with Crippen LogP contribution in [0.25, 0.3) is 0 Å². The normalized spacial score (nSPS) is 12.6. The second-order valence-electron chi connectivity index (χ2n) is 4.01. The van der Waals surface area contributed by atoms with Crippen LogP contribution in [0, 0.1) is 5.82 Å². The van der Waals surface area contributed by atoms with Gasteiger partial charge in [-0.2, -0.15) is 0 Å². The first-order chi connectivity index (χ1) is 7.61. The third-order valence-corrected chi connectivity index (χ3v) is 2.90. The summed E-state index contributed by atoms with van der Waals surface area (Å²) in [7, 11) is 3.68. The van der Waals surface area contributed by atoms with Gasteiger partial charge in [-0.1, -0.05) is 6.92 Å². The Kier molecular flexibility index (Phi) is 4.68. The zero-order valence-corrected chi connectivity index (χ0v) is 10.4. The standard InChI is InChI=1S/C12H20FN3/c1-5-9(2)16(4)12-11(13)10(8-14-3)6-7-15-12/h6-7,9,14H,5,8H2,1-4H3. The van der Waals surface area contributed by atoms with Crippen molar-refractivity contribution < 1.29 is 4.39 Å². The van der Waals surface area contributed by atoms with Gasteiger partial charge in [0, 0.05) is 31.4 Å². The first kappa shape index (κ1) is 12.9. The Morgan fingerprint density at radius 2 is 2.25 bits per heavy atom. The Morgan fingerprint density at radius 1 is 1.56 bits per heavy atom. The van der Waals surface area contributed by atoms with Crippen LogP contribution in [-0.4, -0.2) is 25.1 Å². The van der Waals surface area contributed by atoms with Crippen LogP contribution >= 0.6 is 0 Å². The van der Waals surface area contributed by atoms with Crippen molar-refractivity contribution in [3.8, 4) is 0 Å². The van der Waals surface area contributed by atoms with E-state index in [-0.39, 0.29) is 11.9 Å². The van der Waals surface area contributed by atoms with Gasteiger partial charge >= 0.3 is 0 Å². The average Bonchev–Trinajstić information content (AvgIpc) is 2.30. The zero-order valence-electron chi connectivity index (χ0n) is 10.4. The van der Waals surface area contributed by atoms with Crippen LogP contribution in [0.2, 0.25) is 0 Å². The second-order valence-corrected chi connectivity index (χ2v) is 4.01. The molecule has 0 saturated heterocycles. The van der Waals surface area contributed by atoms with E-state index < -0.39 is 0 Å². The number of nitrogens with zero attached hydrogens (tertiary/aromatic N) is 2. The van der Waals surface area contributed by atoms with Crippen molar-refractivity contribution in [1.82, 2.24) is 10.3 Å². The van der Waals surface area contributed by atoms with E-state index in [1.165, 1.54) is 0 Å². The monoisotopic (exact) mass is 225 g/mol. The van der Waals surface area contributed by atoms with Crippen molar-refractivity contribution in [3.05, 3.63) is 23.6 Å². The Balaban J connectivity index is 3.00. The predicted octanol–water partition coefficient (Wildman–Crippen LogP) is 2.17. The number of halogens is 1. The van der Waals surface area contributed by atoms with E-state index in [0.29, 0.717) is 17.9 Å². The number of anilines is 1. The van der Waals surface area contributed by atoms with E-state index in [2.05, 4.69) is 24.1 Å². The fourth-order valence-electron chi connectivity index (χ4n) is 1.53. The van der Waals surface area contributed by atoms with E-state index in [1.54, 1.807) is 19.3 Å². The van der Waals surface area contributed by atoms with Crippen LogP contribution in [-0.2, 0) is 6.54 Å². The van der Waals surface area contributed by atoms with Gasteiger partial charge in [0.25, 0.3) is 0 Å². The molecule has 0 aliphatic rings. The summed E-state index contributed by atoms with van der Waals surface area (Å²) in [5.74, 6) is 0.210. The van der Waals surface area contributed by atoms with E-state index in [0.717, 1.165) is 6.42 Å². The molecule has 1 aromatic heterocycles. The molecule has 4 heteroatoms. The van der Waals surface area contributed by atoms with Crippen molar-refractivity contribution >= 4 is 5.82 Å². The Hall–Kier alpha value is -1.16. The number of hydrogen-bond donors (Lipinski definition) is 1. The van der Waals surface area contributed by atoms with Gasteiger partial charge in [-0.05, 0) is 26.5 Å². The minimum Gasteiger partial charge on any atom is -0.355 e. The van der Waals surface area contributed by atoms with Crippen LogP contribution in [0.5, 0.6) is 0 Å². The highest BCUT2D eigenvalue weighted by Crippen LogP contribution is 2.20. The van der Waals surface area contributed by atoms with Crippen molar-refractivity contribution in [3.63, 3.8) is 0 Å². The third-order valence-electron chi connectivity index (χ3n) is 2.90. The number of hydrogen-bond acceptors (Lipinski definition) is 3. The molecule has 1 heterocycles. The van der Waals surface area contributed by atoms with Crippen molar-refractivity contribution in [2.75, 3.05) is 19.0 Å². The lowest BCUT2D eigenvalue weighted by atomic mass is 10.2. The van der Waals surface area contributed by atoms with Gasteiger partial charge in [-0.25, -0.2) is 9.37 Å². The average molecular weight is 225 g/mol. The largest absolute Gasteiger partial charge is 0.355 e. The fraction of sp³-hybridized carbons (Fsp3) is 0.583. The number of pyridine rings is 1. The van der Waals surface area contributed by atoms with Crippen LogP contribution in [0.15, 0.2) is 12.3 Å². The van der Waals surface area contributed by atoms with Gasteiger partial charge < -0.3 is 10.2 Å². The minimum absolute atomic E-state index is 0.223. The highest BCUT2D eigenvalue weighted by Gasteiger charge is 2.16. The topological polar surface area (TPSA) is 28.2 Å². The third kappa shape index (κ3) is 2.70. The lowest BCUT2D eigenvalue weighted by molar-refractivity contribution is 0.572. The molecule has 0 radical (unpaired) electrons. The van der Waals surface area contributed by atoms with Gasteiger partial charge in [0.15, 0.2) is 11.6 Å². The van der Waals surface area contributed by atoms with Crippen LogP contribution in [0.1, 0.15) is 25.8 Å². The van der Waals surface area contributed by atoms with Gasteiger partial charge in [0.1, 0.15) is 0 Å². The molecule has 0 amide bonds. The molecule has 0 aromatic carbocycles. The smallest absolute Gasteiger partial charge is 0.170 e. The van der Waals surface area contributed by atoms with E-state index in [4.69, 9.17) is 0 Å². The van der Waals surface area contributed by atoms with E-state index in [9.17, 15) is 4.39 Å². The highest BCUT2D eigenvalue weighted by atomic mass is 19.1. The number of rotatable bonds is 5. The predicted molar refractivity (Wildman–Crippen MR) is 65.1 cm³/mol. The molecule has 0 aliphatic carbocycles. The highest BCUT2D eigenvalue weighted by molar-refractivity contribution is 5.43. The molecule has 1 N–H and O–H groups in total. The molecule has 16 heavy (non-hydrogen) atoms. The number of aromatic nitrogens is 1. The lowest BCUT2D eigenvalue weighted by Crippen LogP contribution is -2.30. The summed E-state index contributed by atoms with van der Waals surface area (Å²) < 4.78 is 14.1. The van der Waals surface area contributed by atoms with Crippen LogP contribution < -0.4 is 10.2 Å². The maximum atomic E-state index is 14.1. The molecule has 1 rings (SSSR count). The van der Waals surface area contributed by atoms with E-state index >= 15 is 0 Å². The summed E-state index contributed by atoms with van der Waals surface area (Å²) in [6.07, 6.45) is 2.62. The molecule has 0 saturated carbocycles. The molecule has 0 fully saturated rings. The maximum Gasteiger partial charge on any atom is 0.170 e. The van der Waals surface area contributed by atoms with Crippen molar-refractivity contribution in [2.45, 2.75) is 32.9 Å². The SMILES string of the molecule is CCC(C)N(C)c1nccc(CNC)c1F. The first-order valence-corrected chi connectivity index (χ1v) is 5.62. The summed E-state index contributed by atoms with van der Waals surface area (Å²) >= 11 is 0. The molecule has 0 spiro atoms. The van der Waals surface area contributed by atoms with Gasteiger partial charge in [-0.15, -0.1) is 0 Å². The van der Waals surface area contributed by atoms with Crippen molar-refractivity contribution in [1.29, 1.82) is 0 Å². The summed E-state index contributed by atoms with van der Waals surface area (Å²) in [4.78, 5) is 6.00. The summed E-state index contributed by atoms with van der Waals surface area (Å²) in [6, 6.07) is 1.99.